The van der Waals surface area contributed by atoms with Crippen molar-refractivity contribution >= 4 is 51.4 Å². The minimum Gasteiger partial charge on any atom is -0.272 e. The second kappa shape index (κ2) is 10.6. The number of hydrazone groups is 1. The highest BCUT2D eigenvalue weighted by atomic mass is 79.9. The van der Waals surface area contributed by atoms with Crippen molar-refractivity contribution in [1.29, 1.82) is 0 Å². The highest BCUT2D eigenvalue weighted by molar-refractivity contribution is 9.10. The largest absolute Gasteiger partial charge is 0.272 e. The van der Waals surface area contributed by atoms with Crippen molar-refractivity contribution < 1.29 is 4.79 Å². The first-order valence-corrected chi connectivity index (χ1v) is 11.7. The topological polar surface area (TPSA) is 72.2 Å². The lowest BCUT2D eigenvalue weighted by atomic mass is 10.2. The number of nitrogens with one attached hydrogen (secondary N) is 1. The molecule has 0 aliphatic carbocycles. The van der Waals surface area contributed by atoms with E-state index < -0.39 is 0 Å². The molecule has 32 heavy (non-hydrogen) atoms. The second-order valence-electron chi connectivity index (χ2n) is 6.62. The quantitative estimate of drug-likeness (QED) is 0.193. The van der Waals surface area contributed by atoms with Gasteiger partial charge in [0.05, 0.1) is 12.0 Å². The first kappa shape index (κ1) is 22.3. The average molecular weight is 527 g/mol. The standard InChI is InChI=1S/C23H17BrClN5OS/c24-18-8-6-16(7-9-18)14-26-27-21(31)15-32-23-29-28-22(17-4-2-1-3-5-17)30(23)20-12-10-19(25)11-13-20/h1-14H,15H2,(H,27,31)/b26-14-. The summed E-state index contributed by atoms with van der Waals surface area (Å²) in [6, 6.07) is 24.8. The van der Waals surface area contributed by atoms with Gasteiger partial charge < -0.3 is 0 Å². The van der Waals surface area contributed by atoms with E-state index in [1.807, 2.05) is 83.4 Å². The van der Waals surface area contributed by atoms with Crippen LogP contribution in [0.25, 0.3) is 17.1 Å². The summed E-state index contributed by atoms with van der Waals surface area (Å²) in [4.78, 5) is 12.3. The smallest absolute Gasteiger partial charge is 0.250 e. The molecule has 0 aliphatic rings. The summed E-state index contributed by atoms with van der Waals surface area (Å²) >= 11 is 10.7. The molecule has 0 saturated heterocycles. The Morgan fingerprint density at radius 3 is 2.47 bits per heavy atom. The summed E-state index contributed by atoms with van der Waals surface area (Å²) in [5, 5.41) is 13.9. The van der Waals surface area contributed by atoms with Gasteiger partial charge in [-0.1, -0.05) is 81.8 Å². The maximum Gasteiger partial charge on any atom is 0.250 e. The summed E-state index contributed by atoms with van der Waals surface area (Å²) in [6.45, 7) is 0. The van der Waals surface area contributed by atoms with Crippen molar-refractivity contribution in [2.24, 2.45) is 5.10 Å². The number of hydrogen-bond donors (Lipinski definition) is 1. The Bertz CT molecular complexity index is 1230. The summed E-state index contributed by atoms with van der Waals surface area (Å²) < 4.78 is 2.89. The van der Waals surface area contributed by atoms with Crippen LogP contribution in [-0.4, -0.2) is 32.6 Å². The van der Waals surface area contributed by atoms with Crippen LogP contribution in [0.2, 0.25) is 5.02 Å². The van der Waals surface area contributed by atoms with Crippen molar-refractivity contribution in [1.82, 2.24) is 20.2 Å². The number of aromatic nitrogens is 3. The number of rotatable bonds is 7. The van der Waals surface area contributed by atoms with Crippen molar-refractivity contribution in [2.75, 3.05) is 5.75 Å². The maximum atomic E-state index is 12.3. The van der Waals surface area contributed by atoms with Gasteiger partial charge in [-0.25, -0.2) is 5.43 Å². The zero-order chi connectivity index (χ0) is 22.3. The van der Waals surface area contributed by atoms with Crippen LogP contribution in [0.3, 0.4) is 0 Å². The highest BCUT2D eigenvalue weighted by Crippen LogP contribution is 2.28. The predicted molar refractivity (Wildman–Crippen MR) is 132 cm³/mol. The summed E-state index contributed by atoms with van der Waals surface area (Å²) in [6.07, 6.45) is 1.60. The Balaban J connectivity index is 1.49. The molecule has 160 valence electrons. The molecule has 4 rings (SSSR count). The summed E-state index contributed by atoms with van der Waals surface area (Å²) in [7, 11) is 0. The lowest BCUT2D eigenvalue weighted by Crippen LogP contribution is -2.20. The fourth-order valence-electron chi connectivity index (χ4n) is 2.85. The molecule has 1 amide bonds. The summed E-state index contributed by atoms with van der Waals surface area (Å²) in [5.41, 5.74) is 5.21. The molecule has 9 heteroatoms. The monoisotopic (exact) mass is 525 g/mol. The van der Waals surface area contributed by atoms with Gasteiger partial charge in [0.15, 0.2) is 11.0 Å². The molecule has 0 fully saturated rings. The Labute approximate surface area is 202 Å². The molecule has 0 spiro atoms. The van der Waals surface area contributed by atoms with E-state index in [4.69, 9.17) is 11.6 Å². The van der Waals surface area contributed by atoms with Crippen LogP contribution in [-0.2, 0) is 4.79 Å². The van der Waals surface area contributed by atoms with Crippen LogP contribution in [0, 0.1) is 0 Å². The normalized spacial score (nSPS) is 11.1. The molecular formula is C23H17BrClN5OS. The molecule has 1 aromatic heterocycles. The minimum atomic E-state index is -0.240. The molecule has 0 radical (unpaired) electrons. The molecule has 4 aromatic rings. The number of carbonyl (C=O) groups is 1. The van der Waals surface area contributed by atoms with E-state index in [0.29, 0.717) is 16.0 Å². The Morgan fingerprint density at radius 1 is 1.03 bits per heavy atom. The van der Waals surface area contributed by atoms with Crippen LogP contribution in [0.15, 0.2) is 93.6 Å². The van der Waals surface area contributed by atoms with Crippen LogP contribution in [0.1, 0.15) is 5.56 Å². The van der Waals surface area contributed by atoms with Crippen molar-refractivity contribution in [2.45, 2.75) is 5.16 Å². The molecule has 0 unspecified atom stereocenters. The molecule has 3 aromatic carbocycles. The zero-order valence-electron chi connectivity index (χ0n) is 16.7. The molecule has 1 heterocycles. The van der Waals surface area contributed by atoms with Crippen molar-refractivity contribution in [3.05, 3.63) is 93.9 Å². The van der Waals surface area contributed by atoms with E-state index in [0.717, 1.165) is 21.3 Å². The third-order valence-corrected chi connectivity index (χ3v) is 6.07. The van der Waals surface area contributed by atoms with E-state index >= 15 is 0 Å². The van der Waals surface area contributed by atoms with E-state index in [9.17, 15) is 4.79 Å². The first-order chi connectivity index (χ1) is 15.6. The predicted octanol–water partition coefficient (Wildman–Crippen LogP) is 5.59. The number of benzene rings is 3. The SMILES string of the molecule is O=C(CSc1nnc(-c2ccccc2)n1-c1ccc(Cl)cc1)N/N=C\c1ccc(Br)cc1. The highest BCUT2D eigenvalue weighted by Gasteiger charge is 2.17. The molecule has 0 bridgehead atoms. The first-order valence-electron chi connectivity index (χ1n) is 9.57. The third-order valence-electron chi connectivity index (χ3n) is 4.36. The molecule has 1 N–H and O–H groups in total. The number of carbonyl (C=O) groups excluding carboxylic acids is 1. The molecular weight excluding hydrogens is 510 g/mol. The van der Waals surface area contributed by atoms with Gasteiger partial charge in [-0.05, 0) is 42.0 Å². The van der Waals surface area contributed by atoms with Crippen LogP contribution in [0.5, 0.6) is 0 Å². The van der Waals surface area contributed by atoms with E-state index in [-0.39, 0.29) is 11.7 Å². The van der Waals surface area contributed by atoms with Gasteiger partial charge in [0.2, 0.25) is 0 Å². The van der Waals surface area contributed by atoms with Crippen LogP contribution >= 0.6 is 39.3 Å². The molecule has 0 saturated carbocycles. The number of nitrogens with zero attached hydrogens (tertiary/aromatic N) is 4. The minimum absolute atomic E-state index is 0.137. The third kappa shape index (κ3) is 5.64. The van der Waals surface area contributed by atoms with E-state index in [2.05, 4.69) is 36.7 Å². The lowest BCUT2D eigenvalue weighted by Gasteiger charge is -2.10. The van der Waals surface area contributed by atoms with Gasteiger partial charge in [-0.3, -0.25) is 9.36 Å². The van der Waals surface area contributed by atoms with Gasteiger partial charge in [0.25, 0.3) is 5.91 Å². The maximum absolute atomic E-state index is 12.3. The molecule has 6 nitrogen and oxygen atoms in total. The lowest BCUT2D eigenvalue weighted by molar-refractivity contribution is -0.118. The summed E-state index contributed by atoms with van der Waals surface area (Å²) in [5.74, 6) is 0.581. The number of amides is 1. The van der Waals surface area contributed by atoms with E-state index in [1.54, 1.807) is 6.21 Å². The van der Waals surface area contributed by atoms with Gasteiger partial charge in [0.1, 0.15) is 0 Å². The van der Waals surface area contributed by atoms with Crippen LogP contribution < -0.4 is 5.43 Å². The van der Waals surface area contributed by atoms with Gasteiger partial charge in [-0.2, -0.15) is 5.10 Å². The second-order valence-corrected chi connectivity index (χ2v) is 8.91. The molecule has 0 atom stereocenters. The van der Waals surface area contributed by atoms with Gasteiger partial charge in [-0.15, -0.1) is 10.2 Å². The fourth-order valence-corrected chi connectivity index (χ4v) is 3.99. The van der Waals surface area contributed by atoms with Gasteiger partial charge in [0, 0.05) is 20.7 Å². The number of thioether (sulfide) groups is 1. The number of hydrogen-bond acceptors (Lipinski definition) is 5. The van der Waals surface area contributed by atoms with Gasteiger partial charge >= 0.3 is 0 Å². The Hall–Kier alpha value is -2.94. The Kier molecular flexibility index (Phi) is 7.36. The number of halogens is 2. The van der Waals surface area contributed by atoms with E-state index in [1.165, 1.54) is 11.8 Å². The Morgan fingerprint density at radius 2 is 1.75 bits per heavy atom. The van der Waals surface area contributed by atoms with Crippen molar-refractivity contribution in [3.8, 4) is 17.1 Å². The molecule has 0 aliphatic heterocycles. The zero-order valence-corrected chi connectivity index (χ0v) is 19.8. The van der Waals surface area contributed by atoms with Crippen LogP contribution in [0.4, 0.5) is 0 Å². The van der Waals surface area contributed by atoms with Crippen molar-refractivity contribution in [3.63, 3.8) is 0 Å². The average Bonchev–Trinajstić information content (AvgIpc) is 3.24. The fraction of sp³-hybridized carbons (Fsp3) is 0.0435.